The van der Waals surface area contributed by atoms with Gasteiger partial charge in [-0.25, -0.2) is 0 Å². The Morgan fingerprint density at radius 1 is 0.921 bits per heavy atom. The lowest BCUT2D eigenvalue weighted by Crippen LogP contribution is -2.41. The number of rotatable bonds is 6. The van der Waals surface area contributed by atoms with Crippen LogP contribution in [0.15, 0.2) is 103 Å². The fourth-order valence-electron chi connectivity index (χ4n) is 5.02. The SMILES string of the molecule is O=C(Nc1ccc2c(c1)Cc1c(-c3ccccc3)n[nH]c1-2)C(O)(c1ccccc1)c1cccc([N+](=O)[O-])c1. The predicted octanol–water partition coefficient (Wildman–Crippen LogP) is 5.43. The highest BCUT2D eigenvalue weighted by molar-refractivity contribution is 6.01. The average molecular weight is 503 g/mol. The number of aromatic amines is 1. The van der Waals surface area contributed by atoms with Gasteiger partial charge in [-0.3, -0.25) is 20.0 Å². The molecule has 3 N–H and O–H groups in total. The molecule has 4 aromatic carbocycles. The largest absolute Gasteiger partial charge is 0.372 e. The van der Waals surface area contributed by atoms with Crippen LogP contribution < -0.4 is 5.32 Å². The summed E-state index contributed by atoms with van der Waals surface area (Å²) in [5.74, 6) is -0.715. The Hall–Kier alpha value is -5.08. The number of hydrogen-bond donors (Lipinski definition) is 3. The molecular weight excluding hydrogens is 480 g/mol. The lowest BCUT2D eigenvalue weighted by atomic mass is 9.85. The van der Waals surface area contributed by atoms with Crippen molar-refractivity contribution in [2.24, 2.45) is 0 Å². The highest BCUT2D eigenvalue weighted by Gasteiger charge is 2.41. The van der Waals surface area contributed by atoms with Gasteiger partial charge in [0.1, 0.15) is 0 Å². The number of nitrogens with zero attached hydrogens (tertiary/aromatic N) is 2. The van der Waals surface area contributed by atoms with E-state index < -0.39 is 16.4 Å². The van der Waals surface area contributed by atoms with Crippen LogP contribution in [-0.2, 0) is 16.8 Å². The topological polar surface area (TPSA) is 121 Å². The van der Waals surface area contributed by atoms with Crippen molar-refractivity contribution in [2.45, 2.75) is 12.0 Å². The van der Waals surface area contributed by atoms with Crippen LogP contribution in [0.1, 0.15) is 22.3 Å². The number of benzene rings is 4. The third-order valence-electron chi connectivity index (χ3n) is 6.91. The molecule has 0 aliphatic heterocycles. The molecule has 0 saturated carbocycles. The first-order valence-electron chi connectivity index (χ1n) is 12.1. The van der Waals surface area contributed by atoms with Gasteiger partial charge in [0.05, 0.1) is 16.3 Å². The molecule has 1 amide bonds. The van der Waals surface area contributed by atoms with Crippen LogP contribution in [0.3, 0.4) is 0 Å². The number of anilines is 1. The Bertz CT molecular complexity index is 1680. The van der Waals surface area contributed by atoms with Crippen molar-refractivity contribution in [1.82, 2.24) is 10.2 Å². The molecule has 8 nitrogen and oxygen atoms in total. The fourth-order valence-corrected chi connectivity index (χ4v) is 5.02. The van der Waals surface area contributed by atoms with E-state index in [1.54, 1.807) is 36.4 Å². The second-order valence-corrected chi connectivity index (χ2v) is 9.18. The Kier molecular flexibility index (Phi) is 5.58. The number of nitro groups is 1. The molecule has 38 heavy (non-hydrogen) atoms. The lowest BCUT2D eigenvalue weighted by Gasteiger charge is -2.28. The first-order valence-corrected chi connectivity index (χ1v) is 12.1. The number of nitrogens with one attached hydrogen (secondary N) is 2. The monoisotopic (exact) mass is 502 g/mol. The number of non-ortho nitro benzene ring substituents is 1. The first kappa shape index (κ1) is 23.3. The number of H-pyrrole nitrogens is 1. The fraction of sp³-hybridized carbons (Fsp3) is 0.0667. The number of aromatic nitrogens is 2. The number of aliphatic hydroxyl groups is 1. The molecule has 1 aromatic heterocycles. The van der Waals surface area contributed by atoms with Gasteiger partial charge in [0, 0.05) is 46.5 Å². The third-order valence-corrected chi connectivity index (χ3v) is 6.91. The van der Waals surface area contributed by atoms with Crippen LogP contribution in [0, 0.1) is 10.1 Å². The van der Waals surface area contributed by atoms with Gasteiger partial charge < -0.3 is 10.4 Å². The molecular formula is C30H22N4O4. The summed E-state index contributed by atoms with van der Waals surface area (Å²) in [6, 6.07) is 29.4. The molecule has 0 spiro atoms. The molecule has 1 atom stereocenters. The predicted molar refractivity (Wildman–Crippen MR) is 143 cm³/mol. The number of carbonyl (C=O) groups excluding carboxylic acids is 1. The number of amides is 1. The van der Waals surface area contributed by atoms with Crippen LogP contribution in [0.2, 0.25) is 0 Å². The van der Waals surface area contributed by atoms with Crippen LogP contribution in [0.5, 0.6) is 0 Å². The molecule has 1 unspecified atom stereocenters. The Morgan fingerprint density at radius 3 is 2.37 bits per heavy atom. The van der Waals surface area contributed by atoms with E-state index in [1.807, 2.05) is 42.5 Å². The van der Waals surface area contributed by atoms with Gasteiger partial charge in [0.15, 0.2) is 5.60 Å². The molecule has 0 bridgehead atoms. The normalized spacial score (nSPS) is 13.3. The zero-order valence-electron chi connectivity index (χ0n) is 20.1. The van der Waals surface area contributed by atoms with Crippen LogP contribution >= 0.6 is 0 Å². The van der Waals surface area contributed by atoms with E-state index in [4.69, 9.17) is 0 Å². The smallest absolute Gasteiger partial charge is 0.269 e. The number of carbonyl (C=O) groups is 1. The van der Waals surface area contributed by atoms with Crippen molar-refractivity contribution < 1.29 is 14.8 Å². The molecule has 1 aliphatic rings. The third kappa shape index (κ3) is 3.84. The molecule has 6 rings (SSSR count). The molecule has 186 valence electrons. The van der Waals surface area contributed by atoms with Crippen molar-refractivity contribution in [1.29, 1.82) is 0 Å². The summed E-state index contributed by atoms with van der Waals surface area (Å²) >= 11 is 0. The zero-order chi connectivity index (χ0) is 26.3. The second kappa shape index (κ2) is 9.10. The van der Waals surface area contributed by atoms with Crippen molar-refractivity contribution >= 4 is 17.3 Å². The zero-order valence-corrected chi connectivity index (χ0v) is 20.1. The molecule has 0 saturated heterocycles. The summed E-state index contributed by atoms with van der Waals surface area (Å²) in [7, 11) is 0. The highest BCUT2D eigenvalue weighted by atomic mass is 16.6. The average Bonchev–Trinajstić information content (AvgIpc) is 3.52. The van der Waals surface area contributed by atoms with Gasteiger partial charge in [0.2, 0.25) is 0 Å². The van der Waals surface area contributed by atoms with Crippen molar-refractivity contribution in [3.63, 3.8) is 0 Å². The molecule has 0 radical (unpaired) electrons. The van der Waals surface area contributed by atoms with Crippen LogP contribution in [0.4, 0.5) is 11.4 Å². The van der Waals surface area contributed by atoms with Crippen LogP contribution in [-0.4, -0.2) is 26.1 Å². The van der Waals surface area contributed by atoms with Gasteiger partial charge in [-0.15, -0.1) is 0 Å². The summed E-state index contributed by atoms with van der Waals surface area (Å²) in [5.41, 5.74) is 4.52. The number of hydrogen-bond acceptors (Lipinski definition) is 5. The molecule has 5 aromatic rings. The molecule has 0 fully saturated rings. The summed E-state index contributed by atoms with van der Waals surface area (Å²) in [4.78, 5) is 24.5. The van der Waals surface area contributed by atoms with E-state index in [1.165, 1.54) is 24.3 Å². The Morgan fingerprint density at radius 2 is 1.63 bits per heavy atom. The van der Waals surface area contributed by atoms with Gasteiger partial charge in [-0.1, -0.05) is 78.9 Å². The lowest BCUT2D eigenvalue weighted by molar-refractivity contribution is -0.385. The molecule has 1 aliphatic carbocycles. The molecule has 1 heterocycles. The van der Waals surface area contributed by atoms with E-state index in [-0.39, 0.29) is 11.3 Å². The molecule has 8 heteroatoms. The van der Waals surface area contributed by atoms with E-state index >= 15 is 0 Å². The minimum Gasteiger partial charge on any atom is -0.372 e. The minimum atomic E-state index is -2.15. The number of fused-ring (bicyclic) bond motifs is 3. The summed E-state index contributed by atoms with van der Waals surface area (Å²) < 4.78 is 0. The Labute approximate surface area is 217 Å². The van der Waals surface area contributed by atoms with Gasteiger partial charge in [-0.05, 0) is 23.3 Å². The standard InChI is InChI=1S/C30H22N4O4/c35-29(30(36,21-10-5-2-6-11-21)22-12-7-13-24(18-22)34(37)38)31-23-14-15-25-20(16-23)17-26-27(32-33-28(25)26)19-8-3-1-4-9-19/h1-16,18,36H,17H2,(H,31,35)(H,32,33). The van der Waals surface area contributed by atoms with E-state index in [2.05, 4.69) is 15.5 Å². The summed E-state index contributed by atoms with van der Waals surface area (Å²) in [6.45, 7) is 0. The van der Waals surface area contributed by atoms with E-state index in [0.29, 0.717) is 17.7 Å². The first-order chi connectivity index (χ1) is 18.4. The summed E-state index contributed by atoms with van der Waals surface area (Å²) in [6.07, 6.45) is 0.642. The maximum atomic E-state index is 13.7. The van der Waals surface area contributed by atoms with Crippen molar-refractivity contribution in [2.75, 3.05) is 5.32 Å². The van der Waals surface area contributed by atoms with Crippen LogP contribution in [0.25, 0.3) is 22.5 Å². The summed E-state index contributed by atoms with van der Waals surface area (Å²) in [5, 5.41) is 33.7. The van der Waals surface area contributed by atoms with Gasteiger partial charge in [-0.2, -0.15) is 5.10 Å². The quantitative estimate of drug-likeness (QED) is 0.207. The Balaban J connectivity index is 1.33. The number of nitro benzene ring substituents is 1. The minimum absolute atomic E-state index is 0.102. The van der Waals surface area contributed by atoms with Gasteiger partial charge >= 0.3 is 0 Å². The van der Waals surface area contributed by atoms with E-state index in [0.717, 1.165) is 33.6 Å². The second-order valence-electron chi connectivity index (χ2n) is 9.18. The van der Waals surface area contributed by atoms with Crippen molar-refractivity contribution in [3.05, 3.63) is 135 Å². The maximum absolute atomic E-state index is 13.7. The van der Waals surface area contributed by atoms with Crippen molar-refractivity contribution in [3.8, 4) is 22.5 Å². The maximum Gasteiger partial charge on any atom is 0.269 e. The van der Waals surface area contributed by atoms with E-state index in [9.17, 15) is 20.0 Å². The highest BCUT2D eigenvalue weighted by Crippen LogP contribution is 2.41. The van der Waals surface area contributed by atoms with Gasteiger partial charge in [0.25, 0.3) is 11.6 Å².